The number of amides is 1. The van der Waals surface area contributed by atoms with Gasteiger partial charge in [0.05, 0.1) is 17.1 Å². The Hall–Kier alpha value is -0.745. The van der Waals surface area contributed by atoms with E-state index in [9.17, 15) is 4.79 Å². The minimum atomic E-state index is -0.482. The Morgan fingerprint density at radius 2 is 1.68 bits per heavy atom. The predicted molar refractivity (Wildman–Crippen MR) is 84.5 cm³/mol. The summed E-state index contributed by atoms with van der Waals surface area (Å²) in [6.07, 6.45) is 1.79. The van der Waals surface area contributed by atoms with E-state index in [2.05, 4.69) is 0 Å². The van der Waals surface area contributed by atoms with Crippen LogP contribution in [-0.4, -0.2) is 46.9 Å². The van der Waals surface area contributed by atoms with Crippen LogP contribution in [0.3, 0.4) is 0 Å². The predicted octanol–water partition coefficient (Wildman–Crippen LogP) is 3.02. The molecular formula is C16H28BNO4. The fourth-order valence-corrected chi connectivity index (χ4v) is 3.37. The zero-order valence-electron chi connectivity index (χ0n) is 14.8. The summed E-state index contributed by atoms with van der Waals surface area (Å²) in [6, 6.07) is 0.305. The molecule has 3 aliphatic rings. The molecule has 1 saturated carbocycles. The molecule has 0 N–H and O–H groups in total. The number of carbonyl (C=O) groups is 1. The van der Waals surface area contributed by atoms with Gasteiger partial charge in [0.15, 0.2) is 0 Å². The lowest BCUT2D eigenvalue weighted by atomic mass is 9.75. The molecule has 6 heteroatoms. The Bertz CT molecular complexity index is 469. The topological polar surface area (TPSA) is 48.0 Å². The van der Waals surface area contributed by atoms with Crippen molar-refractivity contribution in [1.82, 2.24) is 4.90 Å². The van der Waals surface area contributed by atoms with Crippen molar-refractivity contribution in [2.75, 3.05) is 0 Å². The fraction of sp³-hybridized carbons (Fsp3) is 0.938. The molecule has 1 amide bonds. The van der Waals surface area contributed by atoms with E-state index < -0.39 is 5.60 Å². The number of ether oxygens (including phenoxy) is 1. The maximum atomic E-state index is 12.6. The first-order valence-corrected chi connectivity index (χ1v) is 8.28. The molecular weight excluding hydrogens is 281 g/mol. The molecule has 1 aliphatic carbocycles. The Morgan fingerprint density at radius 1 is 1.14 bits per heavy atom. The van der Waals surface area contributed by atoms with Gasteiger partial charge in [-0.05, 0) is 67.2 Å². The zero-order chi connectivity index (χ0) is 16.5. The second-order valence-corrected chi connectivity index (χ2v) is 8.88. The average molecular weight is 309 g/mol. The van der Waals surface area contributed by atoms with Gasteiger partial charge in [0.1, 0.15) is 5.60 Å². The van der Waals surface area contributed by atoms with Gasteiger partial charge >= 0.3 is 13.2 Å². The molecule has 0 aromatic rings. The van der Waals surface area contributed by atoms with Crippen LogP contribution in [-0.2, 0) is 14.0 Å². The van der Waals surface area contributed by atoms with E-state index in [0.717, 1.165) is 12.8 Å². The van der Waals surface area contributed by atoms with Gasteiger partial charge in [-0.2, -0.15) is 0 Å². The van der Waals surface area contributed by atoms with Crippen molar-refractivity contribution >= 4 is 13.2 Å². The van der Waals surface area contributed by atoms with E-state index in [1.807, 2.05) is 53.4 Å². The molecule has 3 atom stereocenters. The van der Waals surface area contributed by atoms with Gasteiger partial charge < -0.3 is 18.9 Å². The summed E-state index contributed by atoms with van der Waals surface area (Å²) < 4.78 is 17.9. The summed E-state index contributed by atoms with van der Waals surface area (Å²) in [5.41, 5.74) is -1.22. The first-order valence-electron chi connectivity index (χ1n) is 8.28. The van der Waals surface area contributed by atoms with Gasteiger partial charge in [-0.1, -0.05) is 0 Å². The molecule has 22 heavy (non-hydrogen) atoms. The molecule has 124 valence electrons. The Balaban J connectivity index is 1.75. The summed E-state index contributed by atoms with van der Waals surface area (Å²) >= 11 is 0. The molecule has 0 radical (unpaired) electrons. The van der Waals surface area contributed by atoms with Crippen LogP contribution in [0.5, 0.6) is 0 Å². The van der Waals surface area contributed by atoms with E-state index in [-0.39, 0.29) is 30.4 Å². The third kappa shape index (κ3) is 2.64. The van der Waals surface area contributed by atoms with Crippen molar-refractivity contribution in [3.63, 3.8) is 0 Å². The first-order chi connectivity index (χ1) is 9.91. The number of fused-ring (bicyclic) bond motifs is 1. The third-order valence-corrected chi connectivity index (χ3v) is 5.33. The average Bonchev–Trinajstić information content (AvgIpc) is 2.88. The first kappa shape index (κ1) is 16.1. The summed E-state index contributed by atoms with van der Waals surface area (Å²) in [5, 5.41) is 0. The fourth-order valence-electron chi connectivity index (χ4n) is 3.37. The zero-order valence-corrected chi connectivity index (χ0v) is 14.8. The number of rotatable bonds is 1. The Kier molecular flexibility index (Phi) is 3.40. The molecule has 0 bridgehead atoms. The number of nitrogens with zero attached hydrogens (tertiary/aromatic N) is 1. The van der Waals surface area contributed by atoms with Gasteiger partial charge in [-0.15, -0.1) is 0 Å². The number of likely N-dealkylation sites (tertiary alicyclic amines) is 1. The molecule has 2 saturated heterocycles. The largest absolute Gasteiger partial charge is 0.482 e. The lowest BCUT2D eigenvalue weighted by Gasteiger charge is -2.32. The maximum absolute atomic E-state index is 12.6. The van der Waals surface area contributed by atoms with E-state index in [1.54, 1.807) is 0 Å². The SMILES string of the molecule is CC(C)(C)OC(=O)N1[C@@H]2C[C@@H]2C[C@H]1B1OC(C)(C)C(C)(C)O1. The van der Waals surface area contributed by atoms with Crippen LogP contribution >= 0.6 is 0 Å². The standard InChI is InChI=1S/C16H28BNO4/c1-14(2,3)20-13(19)18-11-8-10(11)9-12(18)17-21-15(4,5)16(6,7)22-17/h10-12H,8-9H2,1-7H3/t10-,11-,12+/m1/s1. The summed E-state index contributed by atoms with van der Waals surface area (Å²) in [4.78, 5) is 14.5. The molecule has 2 heterocycles. The van der Waals surface area contributed by atoms with Crippen LogP contribution < -0.4 is 0 Å². The second kappa shape index (κ2) is 4.63. The van der Waals surface area contributed by atoms with Crippen molar-refractivity contribution in [2.45, 2.75) is 90.1 Å². The van der Waals surface area contributed by atoms with Crippen molar-refractivity contribution in [3.8, 4) is 0 Å². The molecule has 3 fully saturated rings. The number of piperidine rings is 1. The highest BCUT2D eigenvalue weighted by Crippen LogP contribution is 2.51. The third-order valence-electron chi connectivity index (χ3n) is 5.33. The number of hydrogen-bond acceptors (Lipinski definition) is 4. The summed E-state index contributed by atoms with van der Waals surface area (Å²) in [7, 11) is -0.370. The Morgan fingerprint density at radius 3 is 2.18 bits per heavy atom. The smallest absolute Gasteiger partial charge is 0.444 e. The lowest BCUT2D eigenvalue weighted by molar-refractivity contribution is 0.00578. The highest BCUT2D eigenvalue weighted by Gasteiger charge is 2.63. The van der Waals surface area contributed by atoms with Gasteiger partial charge in [-0.3, -0.25) is 0 Å². The van der Waals surface area contributed by atoms with E-state index in [0.29, 0.717) is 12.0 Å². The van der Waals surface area contributed by atoms with E-state index in [4.69, 9.17) is 14.0 Å². The van der Waals surface area contributed by atoms with Crippen molar-refractivity contribution in [1.29, 1.82) is 0 Å². The highest BCUT2D eigenvalue weighted by molar-refractivity contribution is 6.48. The molecule has 0 aromatic carbocycles. The Labute approximate surface area is 133 Å². The van der Waals surface area contributed by atoms with Crippen LogP contribution in [0, 0.1) is 5.92 Å². The molecule has 5 nitrogen and oxygen atoms in total. The van der Waals surface area contributed by atoms with E-state index >= 15 is 0 Å². The van der Waals surface area contributed by atoms with Crippen LogP contribution in [0.15, 0.2) is 0 Å². The van der Waals surface area contributed by atoms with Gasteiger partial charge in [-0.25, -0.2) is 4.79 Å². The van der Waals surface area contributed by atoms with Gasteiger partial charge in [0.25, 0.3) is 0 Å². The van der Waals surface area contributed by atoms with Crippen molar-refractivity contribution in [2.24, 2.45) is 5.92 Å². The molecule has 0 unspecified atom stereocenters. The maximum Gasteiger partial charge on any atom is 0.482 e. The molecule has 2 aliphatic heterocycles. The van der Waals surface area contributed by atoms with E-state index in [1.165, 1.54) is 0 Å². The number of hydrogen-bond donors (Lipinski definition) is 0. The highest BCUT2D eigenvalue weighted by atomic mass is 16.7. The number of carbonyl (C=O) groups excluding carboxylic acids is 1. The minimum Gasteiger partial charge on any atom is -0.444 e. The van der Waals surface area contributed by atoms with Gasteiger partial charge in [0, 0.05) is 6.04 Å². The second-order valence-electron chi connectivity index (χ2n) is 8.88. The molecule has 3 rings (SSSR count). The van der Waals surface area contributed by atoms with Crippen LogP contribution in [0.2, 0.25) is 0 Å². The summed E-state index contributed by atoms with van der Waals surface area (Å²) in [6.45, 7) is 13.9. The normalized spacial score (nSPS) is 35.5. The van der Waals surface area contributed by atoms with Crippen LogP contribution in [0.4, 0.5) is 4.79 Å². The quantitative estimate of drug-likeness (QED) is 0.699. The van der Waals surface area contributed by atoms with Crippen LogP contribution in [0.1, 0.15) is 61.3 Å². The summed E-state index contributed by atoms with van der Waals surface area (Å²) in [5.74, 6) is 0.538. The van der Waals surface area contributed by atoms with Crippen molar-refractivity contribution in [3.05, 3.63) is 0 Å². The van der Waals surface area contributed by atoms with Gasteiger partial charge in [0.2, 0.25) is 0 Å². The molecule has 0 aromatic heterocycles. The minimum absolute atomic E-state index is 0.0420. The van der Waals surface area contributed by atoms with Crippen molar-refractivity contribution < 1.29 is 18.8 Å². The lowest BCUT2D eigenvalue weighted by Crippen LogP contribution is -2.50. The monoisotopic (exact) mass is 309 g/mol. The van der Waals surface area contributed by atoms with Crippen LogP contribution in [0.25, 0.3) is 0 Å². The molecule has 0 spiro atoms.